The Balaban J connectivity index is 2.09. The predicted molar refractivity (Wildman–Crippen MR) is 92.7 cm³/mol. The van der Waals surface area contributed by atoms with E-state index in [0.717, 1.165) is 0 Å². The summed E-state index contributed by atoms with van der Waals surface area (Å²) >= 11 is 0. The zero-order chi connectivity index (χ0) is 18.7. The van der Waals surface area contributed by atoms with Crippen molar-refractivity contribution in [2.24, 2.45) is 0 Å². The minimum Gasteiger partial charge on any atom is -0.505 e. The van der Waals surface area contributed by atoms with Gasteiger partial charge in [0.1, 0.15) is 16.7 Å². The van der Waals surface area contributed by atoms with Gasteiger partial charge in [-0.1, -0.05) is 0 Å². The number of aliphatic hydroxyl groups excluding tert-OH is 1. The average Bonchev–Trinajstić information content (AvgIpc) is 3.06. The van der Waals surface area contributed by atoms with E-state index in [2.05, 4.69) is 10.2 Å². The lowest BCUT2D eigenvalue weighted by molar-refractivity contribution is 0.0526. The smallest absolute Gasteiger partial charge is 0.338 e. The maximum Gasteiger partial charge on any atom is 0.338 e. The number of nitrogens with zero attached hydrogens (tertiary/aromatic N) is 3. The second-order valence-corrected chi connectivity index (χ2v) is 5.56. The van der Waals surface area contributed by atoms with E-state index in [1.54, 1.807) is 31.2 Å². The van der Waals surface area contributed by atoms with Gasteiger partial charge in [-0.15, -0.1) is 15.0 Å². The van der Waals surface area contributed by atoms with Gasteiger partial charge in [0.05, 0.1) is 17.7 Å². The van der Waals surface area contributed by atoms with E-state index in [1.165, 1.54) is 10.9 Å². The fourth-order valence-electron chi connectivity index (χ4n) is 2.58. The summed E-state index contributed by atoms with van der Waals surface area (Å²) in [5.41, 5.74) is 2.26. The van der Waals surface area contributed by atoms with Crippen LogP contribution in [-0.4, -0.2) is 50.7 Å². The van der Waals surface area contributed by atoms with Crippen LogP contribution in [0.5, 0.6) is 5.75 Å². The first-order valence-electron chi connectivity index (χ1n) is 8.04. The Kier molecular flexibility index (Phi) is 4.94. The molecule has 134 valence electrons. The van der Waals surface area contributed by atoms with Crippen molar-refractivity contribution in [3.8, 4) is 11.4 Å². The highest BCUT2D eigenvalue weighted by molar-refractivity contribution is 5.93. The molecule has 0 saturated heterocycles. The van der Waals surface area contributed by atoms with Gasteiger partial charge in [0.15, 0.2) is 12.0 Å². The molecule has 2 aromatic carbocycles. The van der Waals surface area contributed by atoms with E-state index in [0.29, 0.717) is 34.9 Å². The molecule has 8 heteroatoms. The molecule has 0 radical (unpaired) electrons. The van der Waals surface area contributed by atoms with Gasteiger partial charge >= 0.3 is 5.97 Å². The molecule has 0 atom stereocenters. The molecular weight excluding hydrogens is 338 g/mol. The summed E-state index contributed by atoms with van der Waals surface area (Å²) < 4.78 is 4.96. The molecule has 26 heavy (non-hydrogen) atoms. The van der Waals surface area contributed by atoms with Crippen LogP contribution in [0.25, 0.3) is 16.7 Å². The summed E-state index contributed by atoms with van der Waals surface area (Å²) in [6.45, 7) is 1.89. The highest BCUT2D eigenvalue weighted by atomic mass is 16.5. The van der Waals surface area contributed by atoms with Crippen molar-refractivity contribution in [2.75, 3.05) is 13.2 Å². The molecule has 0 amide bonds. The molecule has 0 saturated carbocycles. The van der Waals surface area contributed by atoms with Crippen molar-refractivity contribution >= 4 is 23.3 Å². The monoisotopic (exact) mass is 355 g/mol. The quantitative estimate of drug-likeness (QED) is 0.510. The van der Waals surface area contributed by atoms with Gasteiger partial charge in [-0.05, 0) is 49.2 Å². The van der Waals surface area contributed by atoms with Crippen LogP contribution in [0.15, 0.2) is 30.3 Å². The van der Waals surface area contributed by atoms with E-state index in [4.69, 9.17) is 9.84 Å². The molecule has 0 bridgehead atoms. The van der Waals surface area contributed by atoms with Gasteiger partial charge in [-0.25, -0.2) is 4.79 Å². The number of hydrogen-bond donors (Lipinski definition) is 2. The van der Waals surface area contributed by atoms with Crippen molar-refractivity contribution in [3.05, 3.63) is 47.0 Å². The van der Waals surface area contributed by atoms with Crippen molar-refractivity contribution in [2.45, 2.75) is 13.3 Å². The van der Waals surface area contributed by atoms with E-state index in [1.807, 2.05) is 0 Å². The first kappa shape index (κ1) is 17.6. The average molecular weight is 355 g/mol. The second kappa shape index (κ2) is 7.32. The number of hydrogen-bond acceptors (Lipinski definition) is 7. The Morgan fingerprint density at radius 2 is 2.00 bits per heavy atom. The zero-order valence-electron chi connectivity index (χ0n) is 14.0. The van der Waals surface area contributed by atoms with E-state index in [9.17, 15) is 14.7 Å². The first-order chi connectivity index (χ1) is 12.6. The molecule has 2 N–H and O–H groups in total. The number of fused-ring (bicyclic) bond motifs is 1. The molecule has 0 unspecified atom stereocenters. The summed E-state index contributed by atoms with van der Waals surface area (Å²) in [4.78, 5) is 24.2. The number of benzene rings is 2. The molecule has 0 aliphatic carbocycles. The van der Waals surface area contributed by atoms with Crippen LogP contribution in [0.1, 0.15) is 33.2 Å². The van der Waals surface area contributed by atoms with Crippen molar-refractivity contribution in [3.63, 3.8) is 0 Å². The summed E-state index contributed by atoms with van der Waals surface area (Å²) in [6, 6.07) is 7.86. The summed E-state index contributed by atoms with van der Waals surface area (Å²) in [7, 11) is 0. The van der Waals surface area contributed by atoms with Crippen molar-refractivity contribution < 1.29 is 24.5 Å². The molecule has 1 aromatic heterocycles. The van der Waals surface area contributed by atoms with Gasteiger partial charge in [0.2, 0.25) is 0 Å². The van der Waals surface area contributed by atoms with Crippen LogP contribution in [0.3, 0.4) is 0 Å². The molecule has 3 aromatic rings. The number of aldehydes is 1. The normalized spacial score (nSPS) is 10.8. The number of ether oxygens (including phenoxy) is 1. The van der Waals surface area contributed by atoms with E-state index < -0.39 is 5.97 Å². The molecule has 1 heterocycles. The van der Waals surface area contributed by atoms with Gasteiger partial charge in [0.25, 0.3) is 0 Å². The standard InChI is InChI=1S/C18H17N3O5/c1-2-26-18(25)12-3-4-14-15(9-12)20-21(19-14)16-8-11(5-6-22)7-13(10-23)17(16)24/h3-4,7-10,22,24H,2,5-6H2,1H3. The van der Waals surface area contributed by atoms with Crippen LogP contribution in [-0.2, 0) is 11.2 Å². The SMILES string of the molecule is CCOC(=O)c1ccc2nn(-c3cc(CCO)cc(C=O)c3O)nc2c1. The highest BCUT2D eigenvalue weighted by Crippen LogP contribution is 2.27. The lowest BCUT2D eigenvalue weighted by Gasteiger charge is -2.08. The summed E-state index contributed by atoms with van der Waals surface area (Å²) in [5.74, 6) is -0.715. The number of rotatable bonds is 6. The Labute approximate surface area is 148 Å². The minimum atomic E-state index is -0.458. The number of carbonyl (C=O) groups excluding carboxylic acids is 2. The van der Waals surface area contributed by atoms with Crippen LogP contribution >= 0.6 is 0 Å². The van der Waals surface area contributed by atoms with Crippen molar-refractivity contribution in [1.82, 2.24) is 15.0 Å². The molecule has 8 nitrogen and oxygen atoms in total. The fraction of sp³-hybridized carbons (Fsp3) is 0.222. The predicted octanol–water partition coefficient (Wildman–Crippen LogP) is 1.65. The zero-order valence-corrected chi connectivity index (χ0v) is 14.0. The second-order valence-electron chi connectivity index (χ2n) is 5.56. The van der Waals surface area contributed by atoms with Crippen LogP contribution in [0.2, 0.25) is 0 Å². The van der Waals surface area contributed by atoms with Crippen LogP contribution < -0.4 is 0 Å². The Morgan fingerprint density at radius 1 is 1.23 bits per heavy atom. The van der Waals surface area contributed by atoms with Gasteiger partial charge in [-0.2, -0.15) is 0 Å². The van der Waals surface area contributed by atoms with Gasteiger partial charge < -0.3 is 14.9 Å². The largest absolute Gasteiger partial charge is 0.505 e. The lowest BCUT2D eigenvalue weighted by Crippen LogP contribution is -2.04. The lowest BCUT2D eigenvalue weighted by atomic mass is 10.1. The van der Waals surface area contributed by atoms with E-state index >= 15 is 0 Å². The van der Waals surface area contributed by atoms with Crippen molar-refractivity contribution in [1.29, 1.82) is 0 Å². The molecule has 0 fully saturated rings. The third-order valence-electron chi connectivity index (χ3n) is 3.81. The molecule has 0 aliphatic heterocycles. The molecule has 0 aliphatic rings. The number of esters is 1. The summed E-state index contributed by atoms with van der Waals surface area (Å²) in [6.07, 6.45) is 0.851. The number of aliphatic hydroxyl groups is 1. The number of aromatic nitrogens is 3. The first-order valence-corrected chi connectivity index (χ1v) is 8.04. The van der Waals surface area contributed by atoms with Gasteiger partial charge in [-0.3, -0.25) is 4.79 Å². The topological polar surface area (TPSA) is 115 Å². The van der Waals surface area contributed by atoms with E-state index in [-0.39, 0.29) is 30.2 Å². The number of aromatic hydroxyl groups is 1. The highest BCUT2D eigenvalue weighted by Gasteiger charge is 2.15. The van der Waals surface area contributed by atoms with Crippen LogP contribution in [0.4, 0.5) is 0 Å². The van der Waals surface area contributed by atoms with Gasteiger partial charge in [0, 0.05) is 6.61 Å². The number of phenols is 1. The Hall–Kier alpha value is -3.26. The fourth-order valence-corrected chi connectivity index (χ4v) is 2.58. The maximum absolute atomic E-state index is 11.8. The summed E-state index contributed by atoms with van der Waals surface area (Å²) in [5, 5.41) is 28.0. The molecule has 0 spiro atoms. The third kappa shape index (κ3) is 3.27. The minimum absolute atomic E-state index is 0.0829. The molecular formula is C18H17N3O5. The Morgan fingerprint density at radius 3 is 2.69 bits per heavy atom. The number of phenolic OH excluding ortho intramolecular Hbond substituents is 1. The molecule has 3 rings (SSSR count). The van der Waals surface area contributed by atoms with Crippen LogP contribution in [0, 0.1) is 0 Å². The maximum atomic E-state index is 11.8. The third-order valence-corrected chi connectivity index (χ3v) is 3.81. The number of carbonyl (C=O) groups is 2. The Bertz CT molecular complexity index is 980.